The van der Waals surface area contributed by atoms with Gasteiger partial charge in [-0.1, -0.05) is 6.07 Å². The molecule has 0 spiro atoms. The molecule has 0 bridgehead atoms. The minimum Gasteiger partial charge on any atom is -0.504 e. The Bertz CT molecular complexity index is 1090. The fourth-order valence-corrected chi connectivity index (χ4v) is 5.44. The molecular formula is C25H30O13. The van der Waals surface area contributed by atoms with E-state index in [2.05, 4.69) is 0 Å². The van der Waals surface area contributed by atoms with Crippen molar-refractivity contribution in [3.8, 4) is 11.5 Å². The molecule has 3 fully saturated rings. The van der Waals surface area contributed by atoms with Crippen LogP contribution in [0.3, 0.4) is 0 Å². The lowest BCUT2D eigenvalue weighted by Crippen LogP contribution is -2.60. The van der Waals surface area contributed by atoms with E-state index in [1.807, 2.05) is 0 Å². The SMILES string of the molecule is COc1ccc(C=CC(=O)O[C@@H]2[C@H]3C=CO[C@@H](O[C@H]4O[C@H](CO)[C@@H](O)[C@H](O)[C@H]4O)[C@@H]3[C@]3(CO)O[C@@H]23)cc1O. The number of rotatable bonds is 8. The number of esters is 1. The minimum atomic E-state index is -1.65. The first-order valence-electron chi connectivity index (χ1n) is 12.1. The van der Waals surface area contributed by atoms with Crippen LogP contribution in [0.25, 0.3) is 6.08 Å². The standard InChI is InChI=1S/C25H30O13/c1-33-14-4-2-11(8-13(14)28)3-5-16(29)36-21-12-6-7-34-23(17(12)25(10-27)22(21)38-25)37-24-20(32)19(31)18(30)15(9-26)35-24/h2-8,12,15,17-24,26-28,30-32H,9-10H2,1H3/t12-,15+,17+,18+,19-,20+,21+,22-,23-,24+,25-/m0/s1. The van der Waals surface area contributed by atoms with Crippen LogP contribution in [0.2, 0.25) is 0 Å². The third-order valence-electron chi connectivity index (χ3n) is 7.46. The number of methoxy groups -OCH3 is 1. The molecule has 1 aliphatic carbocycles. The van der Waals surface area contributed by atoms with Crippen molar-refractivity contribution in [2.24, 2.45) is 11.8 Å². The molecule has 0 radical (unpaired) electrons. The molecule has 1 saturated carbocycles. The second kappa shape index (κ2) is 10.4. The normalized spacial score (nSPS) is 41.3. The Labute approximate surface area is 217 Å². The van der Waals surface area contributed by atoms with Crippen molar-refractivity contribution in [2.75, 3.05) is 20.3 Å². The molecule has 2 saturated heterocycles. The van der Waals surface area contributed by atoms with E-state index in [1.165, 1.54) is 31.6 Å². The molecular weight excluding hydrogens is 508 g/mol. The third-order valence-corrected chi connectivity index (χ3v) is 7.46. The van der Waals surface area contributed by atoms with Gasteiger partial charge in [-0.2, -0.15) is 0 Å². The summed E-state index contributed by atoms with van der Waals surface area (Å²) >= 11 is 0. The van der Waals surface area contributed by atoms with Crippen molar-refractivity contribution in [3.63, 3.8) is 0 Å². The summed E-state index contributed by atoms with van der Waals surface area (Å²) in [6.07, 6.45) is -4.45. The maximum absolute atomic E-state index is 12.7. The van der Waals surface area contributed by atoms with Crippen molar-refractivity contribution < 1.29 is 63.9 Å². The molecule has 5 rings (SSSR count). The van der Waals surface area contributed by atoms with Gasteiger partial charge in [0, 0.05) is 12.0 Å². The molecule has 3 aliphatic heterocycles. The number of epoxide rings is 1. The maximum Gasteiger partial charge on any atom is 0.331 e. The highest BCUT2D eigenvalue weighted by atomic mass is 16.8. The molecule has 13 nitrogen and oxygen atoms in total. The molecule has 13 heteroatoms. The molecule has 1 aromatic carbocycles. The van der Waals surface area contributed by atoms with Crippen LogP contribution < -0.4 is 4.74 Å². The zero-order chi connectivity index (χ0) is 27.2. The number of ether oxygens (including phenoxy) is 6. The first-order chi connectivity index (χ1) is 18.2. The fraction of sp³-hybridized carbons (Fsp3) is 0.560. The van der Waals surface area contributed by atoms with E-state index in [9.17, 15) is 35.4 Å². The highest BCUT2D eigenvalue weighted by molar-refractivity contribution is 5.87. The van der Waals surface area contributed by atoms with Gasteiger partial charge in [-0.05, 0) is 29.8 Å². The molecule has 208 valence electrons. The summed E-state index contributed by atoms with van der Waals surface area (Å²) in [6.45, 7) is -1.06. The molecule has 1 aromatic rings. The smallest absolute Gasteiger partial charge is 0.331 e. The van der Waals surface area contributed by atoms with E-state index >= 15 is 0 Å². The number of hydrogen-bond acceptors (Lipinski definition) is 13. The Hall–Kier alpha value is -2.75. The van der Waals surface area contributed by atoms with E-state index < -0.39 is 85.8 Å². The van der Waals surface area contributed by atoms with Crippen molar-refractivity contribution in [2.45, 2.75) is 54.8 Å². The van der Waals surface area contributed by atoms with E-state index in [1.54, 1.807) is 18.2 Å². The van der Waals surface area contributed by atoms with Crippen LogP contribution >= 0.6 is 0 Å². The number of aliphatic hydroxyl groups excluding tert-OH is 5. The molecule has 3 heterocycles. The van der Waals surface area contributed by atoms with Gasteiger partial charge in [0.1, 0.15) is 42.2 Å². The summed E-state index contributed by atoms with van der Waals surface area (Å²) in [5.41, 5.74) is -0.610. The number of phenols is 1. The Morgan fingerprint density at radius 2 is 1.92 bits per heavy atom. The lowest BCUT2D eigenvalue weighted by Gasteiger charge is -2.43. The predicted octanol–water partition coefficient (Wildman–Crippen LogP) is -1.61. The highest BCUT2D eigenvalue weighted by Crippen LogP contribution is 2.60. The van der Waals surface area contributed by atoms with Gasteiger partial charge in [0.15, 0.2) is 17.8 Å². The molecule has 0 aromatic heterocycles. The molecule has 0 amide bonds. The molecule has 0 unspecified atom stereocenters. The number of carbonyl (C=O) groups excluding carboxylic acids is 1. The second-order valence-corrected chi connectivity index (χ2v) is 9.59. The van der Waals surface area contributed by atoms with Crippen LogP contribution in [0.5, 0.6) is 11.5 Å². The summed E-state index contributed by atoms with van der Waals surface area (Å²) in [7, 11) is 1.42. The van der Waals surface area contributed by atoms with Gasteiger partial charge in [-0.3, -0.25) is 0 Å². The van der Waals surface area contributed by atoms with E-state index in [0.29, 0.717) is 11.3 Å². The number of fused-ring (bicyclic) bond motifs is 3. The maximum atomic E-state index is 12.7. The summed E-state index contributed by atoms with van der Waals surface area (Å²) in [6, 6.07) is 4.63. The van der Waals surface area contributed by atoms with Crippen LogP contribution in [0, 0.1) is 11.8 Å². The number of benzene rings is 1. The molecule has 38 heavy (non-hydrogen) atoms. The summed E-state index contributed by atoms with van der Waals surface area (Å²) < 4.78 is 33.3. The number of phenolic OH excluding ortho intramolecular Hbond substituents is 1. The van der Waals surface area contributed by atoms with Crippen molar-refractivity contribution >= 4 is 12.0 Å². The average Bonchev–Trinajstić information content (AvgIpc) is 3.59. The van der Waals surface area contributed by atoms with Crippen LogP contribution in [-0.2, 0) is 28.5 Å². The zero-order valence-electron chi connectivity index (χ0n) is 20.3. The number of carbonyl (C=O) groups is 1. The van der Waals surface area contributed by atoms with Gasteiger partial charge in [-0.25, -0.2) is 4.79 Å². The van der Waals surface area contributed by atoms with E-state index in [0.717, 1.165) is 0 Å². The van der Waals surface area contributed by atoms with E-state index in [4.69, 9.17) is 28.4 Å². The Balaban J connectivity index is 1.29. The Morgan fingerprint density at radius 3 is 2.61 bits per heavy atom. The quantitative estimate of drug-likeness (QED) is 0.126. The number of hydrogen-bond donors (Lipinski definition) is 6. The van der Waals surface area contributed by atoms with Gasteiger partial charge >= 0.3 is 5.97 Å². The largest absolute Gasteiger partial charge is 0.504 e. The molecule has 11 atom stereocenters. The first-order valence-corrected chi connectivity index (χ1v) is 12.1. The lowest BCUT2D eigenvalue weighted by molar-refractivity contribution is -0.344. The Kier molecular flexibility index (Phi) is 7.37. The molecule has 4 aliphatic rings. The average molecular weight is 539 g/mol. The highest BCUT2D eigenvalue weighted by Gasteiger charge is 2.77. The zero-order valence-corrected chi connectivity index (χ0v) is 20.3. The number of aliphatic hydroxyl groups is 5. The van der Waals surface area contributed by atoms with Crippen molar-refractivity contribution in [1.82, 2.24) is 0 Å². The van der Waals surface area contributed by atoms with Crippen LogP contribution in [0.4, 0.5) is 0 Å². The minimum absolute atomic E-state index is 0.0847. The van der Waals surface area contributed by atoms with Crippen molar-refractivity contribution in [1.29, 1.82) is 0 Å². The topological polar surface area (TPSA) is 197 Å². The van der Waals surface area contributed by atoms with Gasteiger partial charge in [0.05, 0.1) is 32.5 Å². The van der Waals surface area contributed by atoms with Gasteiger partial charge in [-0.15, -0.1) is 0 Å². The number of aromatic hydroxyl groups is 1. The van der Waals surface area contributed by atoms with Gasteiger partial charge < -0.3 is 59.1 Å². The second-order valence-electron chi connectivity index (χ2n) is 9.59. The Morgan fingerprint density at radius 1 is 1.13 bits per heavy atom. The van der Waals surface area contributed by atoms with E-state index in [-0.39, 0.29) is 5.75 Å². The van der Waals surface area contributed by atoms with Crippen LogP contribution in [0.1, 0.15) is 5.56 Å². The summed E-state index contributed by atoms with van der Waals surface area (Å²) in [4.78, 5) is 12.7. The van der Waals surface area contributed by atoms with Crippen molar-refractivity contribution in [3.05, 3.63) is 42.2 Å². The van der Waals surface area contributed by atoms with Crippen LogP contribution in [-0.4, -0.2) is 112 Å². The lowest BCUT2D eigenvalue weighted by atomic mass is 9.85. The van der Waals surface area contributed by atoms with Crippen LogP contribution in [0.15, 0.2) is 36.6 Å². The summed E-state index contributed by atoms with van der Waals surface area (Å²) in [5.74, 6) is -1.65. The van der Waals surface area contributed by atoms with Gasteiger partial charge in [0.2, 0.25) is 6.29 Å². The first kappa shape index (κ1) is 26.8. The molecule has 6 N–H and O–H groups in total. The monoisotopic (exact) mass is 538 g/mol. The van der Waals surface area contributed by atoms with Gasteiger partial charge in [0.25, 0.3) is 0 Å². The third kappa shape index (κ3) is 4.54. The fourth-order valence-electron chi connectivity index (χ4n) is 5.44. The predicted molar refractivity (Wildman–Crippen MR) is 124 cm³/mol. The summed E-state index contributed by atoms with van der Waals surface area (Å²) in [5, 5.41) is 60.0.